The van der Waals surface area contributed by atoms with Crippen LogP contribution in [0.4, 0.5) is 0 Å². The van der Waals surface area contributed by atoms with E-state index in [2.05, 4.69) is 17.4 Å². The fraction of sp³-hybridized carbons (Fsp3) is 0.450. The first-order chi connectivity index (χ1) is 11.6. The molecule has 0 bridgehead atoms. The smallest absolute Gasteiger partial charge is 0.227 e. The number of methoxy groups -OCH3 is 1. The molecule has 1 saturated carbocycles. The maximum atomic E-state index is 12.6. The molecule has 5 heteroatoms. The lowest BCUT2D eigenvalue weighted by molar-refractivity contribution is -0.123. The number of nitrogens with one attached hydrogen (secondary N) is 1. The van der Waals surface area contributed by atoms with Crippen LogP contribution in [0.3, 0.4) is 0 Å². The molecular weight excluding hydrogens is 336 g/mol. The van der Waals surface area contributed by atoms with Gasteiger partial charge >= 0.3 is 0 Å². The molecule has 136 valence electrons. The van der Waals surface area contributed by atoms with Crippen molar-refractivity contribution < 1.29 is 9.53 Å². The SMILES string of the molecule is COc1ccc2cc(C(C)C(=O)NC3CCC(N)CC3)ccc2c1.Cl. The second-order valence-electron chi connectivity index (χ2n) is 6.81. The van der Waals surface area contributed by atoms with Crippen molar-refractivity contribution in [3.8, 4) is 5.75 Å². The van der Waals surface area contributed by atoms with E-state index in [0.29, 0.717) is 6.04 Å². The molecule has 1 aliphatic rings. The highest BCUT2D eigenvalue weighted by molar-refractivity contribution is 5.88. The van der Waals surface area contributed by atoms with E-state index in [1.807, 2.05) is 31.2 Å². The Kier molecular flexibility index (Phi) is 6.68. The van der Waals surface area contributed by atoms with Gasteiger partial charge in [0.15, 0.2) is 0 Å². The number of carbonyl (C=O) groups excluding carboxylic acids is 1. The van der Waals surface area contributed by atoms with Gasteiger partial charge in [-0.05, 0) is 61.1 Å². The maximum Gasteiger partial charge on any atom is 0.227 e. The first kappa shape index (κ1) is 19.5. The van der Waals surface area contributed by atoms with Gasteiger partial charge in [0.25, 0.3) is 0 Å². The quantitative estimate of drug-likeness (QED) is 0.870. The summed E-state index contributed by atoms with van der Waals surface area (Å²) in [7, 11) is 1.67. The van der Waals surface area contributed by atoms with Crippen LogP contribution in [0, 0.1) is 0 Å². The fourth-order valence-corrected chi connectivity index (χ4v) is 3.38. The van der Waals surface area contributed by atoms with Gasteiger partial charge in [-0.25, -0.2) is 0 Å². The molecule has 1 aliphatic carbocycles. The zero-order valence-corrected chi connectivity index (χ0v) is 15.6. The predicted octanol–water partition coefficient (Wildman–Crippen LogP) is 3.76. The third-order valence-corrected chi connectivity index (χ3v) is 5.08. The van der Waals surface area contributed by atoms with E-state index in [9.17, 15) is 4.79 Å². The molecule has 0 aliphatic heterocycles. The van der Waals surface area contributed by atoms with E-state index >= 15 is 0 Å². The van der Waals surface area contributed by atoms with E-state index < -0.39 is 0 Å². The average molecular weight is 363 g/mol. The van der Waals surface area contributed by atoms with Gasteiger partial charge in [-0.2, -0.15) is 0 Å². The Morgan fingerprint density at radius 2 is 1.76 bits per heavy atom. The highest BCUT2D eigenvalue weighted by atomic mass is 35.5. The molecule has 0 spiro atoms. The normalized spacial score (nSPS) is 21.2. The Hall–Kier alpha value is -1.78. The zero-order chi connectivity index (χ0) is 17.1. The molecule has 1 amide bonds. The van der Waals surface area contributed by atoms with Gasteiger partial charge in [0.2, 0.25) is 5.91 Å². The summed E-state index contributed by atoms with van der Waals surface area (Å²) in [4.78, 5) is 12.6. The molecule has 2 aromatic carbocycles. The van der Waals surface area contributed by atoms with Crippen molar-refractivity contribution in [1.29, 1.82) is 0 Å². The topological polar surface area (TPSA) is 64.3 Å². The van der Waals surface area contributed by atoms with Gasteiger partial charge in [0.05, 0.1) is 13.0 Å². The minimum absolute atomic E-state index is 0. The monoisotopic (exact) mass is 362 g/mol. The van der Waals surface area contributed by atoms with Crippen molar-refractivity contribution >= 4 is 29.1 Å². The van der Waals surface area contributed by atoms with Crippen molar-refractivity contribution in [2.45, 2.75) is 50.6 Å². The lowest BCUT2D eigenvalue weighted by Gasteiger charge is -2.28. The first-order valence-electron chi connectivity index (χ1n) is 8.70. The number of nitrogens with two attached hydrogens (primary N) is 1. The maximum absolute atomic E-state index is 12.6. The molecule has 1 unspecified atom stereocenters. The van der Waals surface area contributed by atoms with Crippen LogP contribution >= 0.6 is 12.4 Å². The van der Waals surface area contributed by atoms with Crippen LogP contribution in [0.2, 0.25) is 0 Å². The summed E-state index contributed by atoms with van der Waals surface area (Å²) in [6.45, 7) is 1.97. The van der Waals surface area contributed by atoms with Gasteiger partial charge < -0.3 is 15.8 Å². The number of halogens is 1. The van der Waals surface area contributed by atoms with E-state index in [0.717, 1.165) is 47.8 Å². The summed E-state index contributed by atoms with van der Waals surface area (Å²) >= 11 is 0. The molecule has 0 heterocycles. The lowest BCUT2D eigenvalue weighted by Crippen LogP contribution is -2.42. The molecule has 0 aromatic heterocycles. The largest absolute Gasteiger partial charge is 0.497 e. The van der Waals surface area contributed by atoms with E-state index in [1.165, 1.54) is 0 Å². The second-order valence-corrected chi connectivity index (χ2v) is 6.81. The second kappa shape index (κ2) is 8.54. The Labute approximate surface area is 155 Å². The third kappa shape index (κ3) is 4.65. The number of rotatable bonds is 4. The minimum Gasteiger partial charge on any atom is -0.497 e. The number of fused-ring (bicyclic) bond motifs is 1. The molecule has 0 saturated heterocycles. The van der Waals surface area contributed by atoms with Gasteiger partial charge in [-0.15, -0.1) is 12.4 Å². The molecule has 4 nitrogen and oxygen atoms in total. The number of amides is 1. The van der Waals surface area contributed by atoms with Crippen molar-refractivity contribution in [3.63, 3.8) is 0 Å². The molecule has 25 heavy (non-hydrogen) atoms. The summed E-state index contributed by atoms with van der Waals surface area (Å²) in [5.41, 5.74) is 6.97. The van der Waals surface area contributed by atoms with Crippen LogP contribution in [0.25, 0.3) is 10.8 Å². The zero-order valence-electron chi connectivity index (χ0n) is 14.8. The summed E-state index contributed by atoms with van der Waals surface area (Å²) in [6, 6.07) is 12.7. The number of hydrogen-bond acceptors (Lipinski definition) is 3. The number of benzene rings is 2. The minimum atomic E-state index is -0.160. The number of ether oxygens (including phenoxy) is 1. The number of hydrogen-bond donors (Lipinski definition) is 2. The van der Waals surface area contributed by atoms with Gasteiger partial charge in [-0.3, -0.25) is 4.79 Å². The van der Waals surface area contributed by atoms with Gasteiger partial charge in [0, 0.05) is 12.1 Å². The molecule has 0 radical (unpaired) electrons. The summed E-state index contributed by atoms with van der Waals surface area (Å²) in [5, 5.41) is 5.43. The first-order valence-corrected chi connectivity index (χ1v) is 8.70. The molecule has 1 atom stereocenters. The molecule has 3 rings (SSSR count). The molecular formula is C20H27ClN2O2. The van der Waals surface area contributed by atoms with Crippen LogP contribution in [-0.2, 0) is 4.79 Å². The Bertz CT molecular complexity index is 727. The van der Waals surface area contributed by atoms with E-state index in [4.69, 9.17) is 10.5 Å². The molecule has 2 aromatic rings. The summed E-state index contributed by atoms with van der Waals surface area (Å²) in [6.07, 6.45) is 3.96. The Morgan fingerprint density at radius 3 is 2.44 bits per heavy atom. The van der Waals surface area contributed by atoms with Crippen molar-refractivity contribution in [2.24, 2.45) is 5.73 Å². The van der Waals surface area contributed by atoms with Gasteiger partial charge in [-0.1, -0.05) is 24.3 Å². The average Bonchev–Trinajstić information content (AvgIpc) is 2.62. The van der Waals surface area contributed by atoms with Crippen molar-refractivity contribution in [2.75, 3.05) is 7.11 Å². The van der Waals surface area contributed by atoms with Crippen LogP contribution in [0.1, 0.15) is 44.1 Å². The fourth-order valence-electron chi connectivity index (χ4n) is 3.38. The van der Waals surface area contributed by atoms with Crippen LogP contribution in [0.5, 0.6) is 5.75 Å². The van der Waals surface area contributed by atoms with E-state index in [-0.39, 0.29) is 30.3 Å². The number of carbonyl (C=O) groups is 1. The third-order valence-electron chi connectivity index (χ3n) is 5.08. The van der Waals surface area contributed by atoms with Crippen LogP contribution < -0.4 is 15.8 Å². The molecule has 1 fully saturated rings. The lowest BCUT2D eigenvalue weighted by atomic mass is 9.90. The summed E-state index contributed by atoms with van der Waals surface area (Å²) < 4.78 is 5.26. The Balaban J connectivity index is 0.00000225. The van der Waals surface area contributed by atoms with Gasteiger partial charge in [0.1, 0.15) is 5.75 Å². The standard InChI is InChI=1S/C20H26N2O2.ClH/c1-13(20(23)22-18-8-6-17(21)7-9-18)14-3-4-16-12-19(24-2)10-5-15(16)11-14;/h3-5,10-13,17-18H,6-9,21H2,1-2H3,(H,22,23);1H. The predicted molar refractivity (Wildman–Crippen MR) is 105 cm³/mol. The van der Waals surface area contributed by atoms with Crippen molar-refractivity contribution in [1.82, 2.24) is 5.32 Å². The van der Waals surface area contributed by atoms with Crippen molar-refractivity contribution in [3.05, 3.63) is 42.0 Å². The van der Waals surface area contributed by atoms with E-state index in [1.54, 1.807) is 7.11 Å². The van der Waals surface area contributed by atoms with Crippen LogP contribution in [-0.4, -0.2) is 25.1 Å². The summed E-state index contributed by atoms with van der Waals surface area (Å²) in [5.74, 6) is 0.784. The highest BCUT2D eigenvalue weighted by Crippen LogP contribution is 2.26. The Morgan fingerprint density at radius 1 is 1.12 bits per heavy atom. The van der Waals surface area contributed by atoms with Crippen LogP contribution in [0.15, 0.2) is 36.4 Å². The molecule has 3 N–H and O–H groups in total. The highest BCUT2D eigenvalue weighted by Gasteiger charge is 2.23.